The number of halogens is 1. The molecule has 1 saturated carbocycles. The Labute approximate surface area is 224 Å². The van der Waals surface area contributed by atoms with E-state index in [2.05, 4.69) is 26.6 Å². The Morgan fingerprint density at radius 1 is 0.919 bits per heavy atom. The van der Waals surface area contributed by atoms with E-state index in [0.717, 1.165) is 22.3 Å². The Morgan fingerprint density at radius 2 is 1.46 bits per heavy atom. The average molecular weight is 567 g/mol. The van der Waals surface area contributed by atoms with Crippen molar-refractivity contribution in [2.45, 2.75) is 52.6 Å². The number of aliphatic hydroxyl groups is 1. The van der Waals surface area contributed by atoms with Crippen LogP contribution in [0.5, 0.6) is 0 Å². The minimum atomic E-state index is -1.71. The quantitative estimate of drug-likeness (QED) is 0.348. The van der Waals surface area contributed by atoms with Crippen LogP contribution in [-0.4, -0.2) is 28.3 Å². The topological polar surface area (TPSA) is 109 Å². The van der Waals surface area contributed by atoms with Crippen molar-refractivity contribution in [3.8, 4) is 0 Å². The molecule has 37 heavy (non-hydrogen) atoms. The molecule has 0 spiro atoms. The van der Waals surface area contributed by atoms with Crippen molar-refractivity contribution in [2.24, 2.45) is 11.8 Å². The molecule has 0 bridgehead atoms. The standard InChI is InChI=1S/C29H31BrN2O5/c1-15-6-8-17(3)19(12-15)31-27(34)24-21(33)14-29(5,36)26(25(24)22-10-11-23(30)37-22)28(35)32-20-13-16(2)7-9-18(20)4/h6-13,24-26,36H,14H2,1-5H3,(H,31,34)(H,32,35). The highest BCUT2D eigenvalue weighted by Crippen LogP contribution is 2.47. The smallest absolute Gasteiger partial charge is 0.235 e. The third-order valence-corrected chi connectivity index (χ3v) is 7.48. The van der Waals surface area contributed by atoms with Crippen LogP contribution in [0.2, 0.25) is 0 Å². The molecule has 1 aromatic heterocycles. The van der Waals surface area contributed by atoms with Crippen molar-refractivity contribution in [1.29, 1.82) is 0 Å². The summed E-state index contributed by atoms with van der Waals surface area (Å²) in [6, 6.07) is 14.6. The van der Waals surface area contributed by atoms with Gasteiger partial charge in [0.25, 0.3) is 0 Å². The second-order valence-corrected chi connectivity index (χ2v) is 11.0. The lowest BCUT2D eigenvalue weighted by Gasteiger charge is -2.43. The Bertz CT molecular complexity index is 1380. The molecule has 194 valence electrons. The average Bonchev–Trinajstić information content (AvgIpc) is 3.23. The Hall–Kier alpha value is -3.23. The first-order chi connectivity index (χ1) is 17.4. The van der Waals surface area contributed by atoms with E-state index in [1.54, 1.807) is 12.1 Å². The van der Waals surface area contributed by atoms with Gasteiger partial charge in [-0.2, -0.15) is 0 Å². The van der Waals surface area contributed by atoms with Crippen LogP contribution < -0.4 is 10.6 Å². The van der Waals surface area contributed by atoms with Crippen LogP contribution in [-0.2, 0) is 14.4 Å². The van der Waals surface area contributed by atoms with Gasteiger partial charge in [0, 0.05) is 17.8 Å². The second-order valence-electron chi connectivity index (χ2n) is 10.2. The molecule has 0 radical (unpaired) electrons. The largest absolute Gasteiger partial charge is 0.454 e. The lowest BCUT2D eigenvalue weighted by molar-refractivity contribution is -0.151. The zero-order valence-corrected chi connectivity index (χ0v) is 23.1. The predicted octanol–water partition coefficient (Wildman–Crippen LogP) is 5.59. The van der Waals surface area contributed by atoms with Crippen molar-refractivity contribution < 1.29 is 23.9 Å². The molecule has 3 aromatic rings. The van der Waals surface area contributed by atoms with E-state index in [4.69, 9.17) is 4.42 Å². The summed E-state index contributed by atoms with van der Waals surface area (Å²) in [4.78, 5) is 40.9. The summed E-state index contributed by atoms with van der Waals surface area (Å²) in [5.74, 6) is -4.64. The minimum absolute atomic E-state index is 0.266. The molecule has 1 fully saturated rings. The highest BCUT2D eigenvalue weighted by atomic mass is 79.9. The first-order valence-corrected chi connectivity index (χ1v) is 12.9. The van der Waals surface area contributed by atoms with E-state index in [9.17, 15) is 19.5 Å². The molecule has 4 atom stereocenters. The Balaban J connectivity index is 1.77. The molecular weight excluding hydrogens is 536 g/mol. The fourth-order valence-electron chi connectivity index (χ4n) is 5.10. The van der Waals surface area contributed by atoms with Crippen LogP contribution in [0.15, 0.2) is 57.6 Å². The maximum absolute atomic E-state index is 13.8. The van der Waals surface area contributed by atoms with Crippen LogP contribution in [0.4, 0.5) is 11.4 Å². The van der Waals surface area contributed by atoms with Crippen molar-refractivity contribution in [1.82, 2.24) is 0 Å². The number of nitrogens with one attached hydrogen (secondary N) is 2. The molecule has 8 heteroatoms. The zero-order chi connectivity index (χ0) is 27.1. The molecule has 0 saturated heterocycles. The van der Waals surface area contributed by atoms with E-state index in [1.165, 1.54) is 6.92 Å². The summed E-state index contributed by atoms with van der Waals surface area (Å²) in [6.07, 6.45) is -0.346. The summed E-state index contributed by atoms with van der Waals surface area (Å²) < 4.78 is 6.20. The van der Waals surface area contributed by atoms with Gasteiger partial charge in [-0.15, -0.1) is 0 Å². The van der Waals surface area contributed by atoms with Gasteiger partial charge in [-0.25, -0.2) is 0 Å². The van der Waals surface area contributed by atoms with E-state index in [-0.39, 0.29) is 12.2 Å². The number of carbonyl (C=O) groups is 3. The molecule has 3 N–H and O–H groups in total. The number of benzene rings is 2. The van der Waals surface area contributed by atoms with Gasteiger partial charge in [0.1, 0.15) is 17.5 Å². The number of rotatable bonds is 5. The summed E-state index contributed by atoms with van der Waals surface area (Å²) in [6.45, 7) is 9.03. The lowest BCUT2D eigenvalue weighted by atomic mass is 9.62. The monoisotopic (exact) mass is 566 g/mol. The molecule has 0 aliphatic heterocycles. The van der Waals surface area contributed by atoms with Gasteiger partial charge in [0.15, 0.2) is 4.67 Å². The maximum atomic E-state index is 13.8. The van der Waals surface area contributed by atoms with Gasteiger partial charge in [-0.05, 0) is 97.1 Å². The van der Waals surface area contributed by atoms with Crippen LogP contribution in [0, 0.1) is 39.5 Å². The number of amides is 2. The number of Topliss-reactive ketones (excluding diaryl/α,β-unsaturated/α-hetero) is 1. The molecule has 1 aliphatic rings. The van der Waals surface area contributed by atoms with Gasteiger partial charge < -0.3 is 20.2 Å². The Kier molecular flexibility index (Phi) is 7.44. The van der Waals surface area contributed by atoms with Gasteiger partial charge in [-0.1, -0.05) is 24.3 Å². The number of hydrogen-bond donors (Lipinski definition) is 3. The number of ketones is 1. The molecule has 1 aliphatic carbocycles. The fourth-order valence-corrected chi connectivity index (χ4v) is 5.42. The summed E-state index contributed by atoms with van der Waals surface area (Å²) >= 11 is 3.28. The maximum Gasteiger partial charge on any atom is 0.235 e. The van der Waals surface area contributed by atoms with Gasteiger partial charge in [0.2, 0.25) is 11.8 Å². The van der Waals surface area contributed by atoms with Crippen molar-refractivity contribution in [3.05, 3.63) is 81.2 Å². The normalized spacial score (nSPS) is 23.5. The second kappa shape index (κ2) is 10.3. The SMILES string of the molecule is Cc1ccc(C)c(NC(=O)C2C(=O)CC(C)(O)C(C(=O)Nc3cc(C)ccc3C)C2c2ccc(Br)o2)c1. The van der Waals surface area contributed by atoms with Crippen molar-refractivity contribution in [3.63, 3.8) is 0 Å². The Morgan fingerprint density at radius 3 is 1.97 bits per heavy atom. The van der Waals surface area contributed by atoms with E-state index in [0.29, 0.717) is 16.0 Å². The molecule has 2 amide bonds. The van der Waals surface area contributed by atoms with Crippen LogP contribution in [0.1, 0.15) is 47.3 Å². The van der Waals surface area contributed by atoms with Gasteiger partial charge in [0.05, 0.1) is 17.4 Å². The third kappa shape index (κ3) is 5.55. The lowest BCUT2D eigenvalue weighted by Crippen LogP contribution is -2.56. The first kappa shape index (κ1) is 26.8. The van der Waals surface area contributed by atoms with Crippen LogP contribution in [0.3, 0.4) is 0 Å². The van der Waals surface area contributed by atoms with Crippen molar-refractivity contribution >= 4 is 44.9 Å². The molecule has 1 heterocycles. The van der Waals surface area contributed by atoms with Crippen molar-refractivity contribution in [2.75, 3.05) is 10.6 Å². The van der Waals surface area contributed by atoms with Gasteiger partial charge >= 0.3 is 0 Å². The minimum Gasteiger partial charge on any atom is -0.454 e. The van der Waals surface area contributed by atoms with E-state index < -0.39 is 41.0 Å². The highest BCUT2D eigenvalue weighted by Gasteiger charge is 2.57. The predicted molar refractivity (Wildman–Crippen MR) is 145 cm³/mol. The van der Waals surface area contributed by atoms with Gasteiger partial charge in [-0.3, -0.25) is 14.4 Å². The van der Waals surface area contributed by atoms with Crippen LogP contribution in [0.25, 0.3) is 0 Å². The number of anilines is 2. The highest BCUT2D eigenvalue weighted by molar-refractivity contribution is 9.10. The molecule has 2 aromatic carbocycles. The zero-order valence-electron chi connectivity index (χ0n) is 21.5. The molecule has 7 nitrogen and oxygen atoms in total. The van der Waals surface area contributed by atoms with E-state index >= 15 is 0 Å². The third-order valence-electron chi connectivity index (χ3n) is 7.06. The summed E-state index contributed by atoms with van der Waals surface area (Å²) in [5, 5.41) is 17.2. The molecule has 4 unspecified atom stereocenters. The number of aryl methyl sites for hydroxylation is 4. The first-order valence-electron chi connectivity index (χ1n) is 12.1. The summed E-state index contributed by atoms with van der Waals surface area (Å²) in [5.41, 5.74) is 3.10. The summed E-state index contributed by atoms with van der Waals surface area (Å²) in [7, 11) is 0. The number of furan rings is 1. The number of hydrogen-bond acceptors (Lipinski definition) is 5. The van der Waals surface area contributed by atoms with E-state index in [1.807, 2.05) is 64.1 Å². The fraction of sp³-hybridized carbons (Fsp3) is 0.345. The molecule has 4 rings (SSSR count). The van der Waals surface area contributed by atoms with Crippen LogP contribution >= 0.6 is 15.9 Å². The number of carbonyl (C=O) groups excluding carboxylic acids is 3. The molecular formula is C29H31BrN2O5.